The second kappa shape index (κ2) is 4.96. The minimum Gasteiger partial charge on any atom is -0.466 e. The fraction of sp³-hybridized carbons (Fsp3) is 0.182. The SMILES string of the molecule is COC(=O)/C=C/c1ccc(Br)cc1C. The zero-order valence-corrected chi connectivity index (χ0v) is 9.67. The van der Waals surface area contributed by atoms with Gasteiger partial charge in [-0.2, -0.15) is 0 Å². The maximum atomic E-state index is 10.8. The zero-order valence-electron chi connectivity index (χ0n) is 8.08. The van der Waals surface area contributed by atoms with Crippen LogP contribution in [-0.4, -0.2) is 13.1 Å². The molecule has 0 saturated carbocycles. The Labute approximate surface area is 91.7 Å². The first-order chi connectivity index (χ1) is 6.63. The zero-order chi connectivity index (χ0) is 10.6. The molecule has 0 aliphatic carbocycles. The number of benzene rings is 1. The van der Waals surface area contributed by atoms with E-state index in [1.165, 1.54) is 13.2 Å². The van der Waals surface area contributed by atoms with Crippen molar-refractivity contribution in [2.45, 2.75) is 6.92 Å². The molecule has 2 nitrogen and oxygen atoms in total. The molecule has 3 heteroatoms. The van der Waals surface area contributed by atoms with Gasteiger partial charge in [0.15, 0.2) is 0 Å². The first-order valence-electron chi connectivity index (χ1n) is 4.15. The van der Waals surface area contributed by atoms with Crippen molar-refractivity contribution in [1.29, 1.82) is 0 Å². The lowest BCUT2D eigenvalue weighted by Crippen LogP contribution is -1.93. The number of ether oxygens (including phenoxy) is 1. The summed E-state index contributed by atoms with van der Waals surface area (Å²) in [6.45, 7) is 1.99. The Bertz CT molecular complexity index is 370. The Morgan fingerprint density at radius 2 is 2.21 bits per heavy atom. The van der Waals surface area contributed by atoms with E-state index in [1.54, 1.807) is 6.08 Å². The highest BCUT2D eigenvalue weighted by molar-refractivity contribution is 9.10. The van der Waals surface area contributed by atoms with E-state index in [2.05, 4.69) is 20.7 Å². The maximum absolute atomic E-state index is 10.8. The van der Waals surface area contributed by atoms with Crippen molar-refractivity contribution in [3.63, 3.8) is 0 Å². The number of carbonyl (C=O) groups excluding carboxylic acids is 1. The summed E-state index contributed by atoms with van der Waals surface area (Å²) in [6, 6.07) is 5.87. The quantitative estimate of drug-likeness (QED) is 0.600. The molecule has 0 heterocycles. The smallest absolute Gasteiger partial charge is 0.330 e. The van der Waals surface area contributed by atoms with Crippen molar-refractivity contribution in [1.82, 2.24) is 0 Å². The maximum Gasteiger partial charge on any atom is 0.330 e. The monoisotopic (exact) mass is 254 g/mol. The molecule has 1 rings (SSSR count). The van der Waals surface area contributed by atoms with Crippen LogP contribution >= 0.6 is 15.9 Å². The van der Waals surface area contributed by atoms with Crippen LogP contribution in [0.3, 0.4) is 0 Å². The Hall–Kier alpha value is -1.09. The third kappa shape index (κ3) is 3.00. The van der Waals surface area contributed by atoms with Gasteiger partial charge in [0, 0.05) is 10.5 Å². The summed E-state index contributed by atoms with van der Waals surface area (Å²) >= 11 is 3.37. The average Bonchev–Trinajstić information content (AvgIpc) is 2.16. The third-order valence-corrected chi connectivity index (χ3v) is 2.33. The number of aryl methyl sites for hydroxylation is 1. The molecule has 0 aliphatic rings. The fourth-order valence-corrected chi connectivity index (χ4v) is 1.53. The highest BCUT2D eigenvalue weighted by Crippen LogP contribution is 2.16. The van der Waals surface area contributed by atoms with E-state index < -0.39 is 0 Å². The predicted octanol–water partition coefficient (Wildman–Crippen LogP) is 2.94. The van der Waals surface area contributed by atoms with Gasteiger partial charge >= 0.3 is 5.97 Å². The Balaban J connectivity index is 2.87. The van der Waals surface area contributed by atoms with E-state index in [4.69, 9.17) is 0 Å². The molecule has 0 N–H and O–H groups in total. The highest BCUT2D eigenvalue weighted by Gasteiger charge is 1.96. The number of hydrogen-bond acceptors (Lipinski definition) is 2. The first-order valence-corrected chi connectivity index (χ1v) is 4.95. The molecule has 0 fully saturated rings. The summed E-state index contributed by atoms with van der Waals surface area (Å²) in [5.41, 5.74) is 2.12. The summed E-state index contributed by atoms with van der Waals surface area (Å²) in [5.74, 6) is -0.340. The largest absolute Gasteiger partial charge is 0.466 e. The summed E-state index contributed by atoms with van der Waals surface area (Å²) in [7, 11) is 1.36. The third-order valence-electron chi connectivity index (χ3n) is 1.83. The predicted molar refractivity (Wildman–Crippen MR) is 59.9 cm³/mol. The Morgan fingerprint density at radius 1 is 1.50 bits per heavy atom. The van der Waals surface area contributed by atoms with Crippen LogP contribution in [0.4, 0.5) is 0 Å². The Morgan fingerprint density at radius 3 is 2.79 bits per heavy atom. The Kier molecular flexibility index (Phi) is 3.89. The number of esters is 1. The molecule has 0 spiro atoms. The van der Waals surface area contributed by atoms with Crippen molar-refractivity contribution in [3.8, 4) is 0 Å². The van der Waals surface area contributed by atoms with Gasteiger partial charge in [-0.1, -0.05) is 22.0 Å². The van der Waals surface area contributed by atoms with Gasteiger partial charge in [-0.15, -0.1) is 0 Å². The van der Waals surface area contributed by atoms with Crippen LogP contribution in [0, 0.1) is 6.92 Å². The molecule has 14 heavy (non-hydrogen) atoms. The lowest BCUT2D eigenvalue weighted by Gasteiger charge is -2.00. The van der Waals surface area contributed by atoms with Gasteiger partial charge in [0.2, 0.25) is 0 Å². The summed E-state index contributed by atoms with van der Waals surface area (Å²) in [6.07, 6.45) is 3.16. The number of methoxy groups -OCH3 is 1. The first kappa shape index (κ1) is 11.0. The summed E-state index contributed by atoms with van der Waals surface area (Å²) < 4.78 is 5.53. The minimum absolute atomic E-state index is 0.340. The van der Waals surface area contributed by atoms with Crippen molar-refractivity contribution in [2.75, 3.05) is 7.11 Å². The normalized spacial score (nSPS) is 10.5. The molecule has 74 valence electrons. The van der Waals surface area contributed by atoms with Crippen LogP contribution in [0.5, 0.6) is 0 Å². The van der Waals surface area contributed by atoms with Gasteiger partial charge in [-0.3, -0.25) is 0 Å². The van der Waals surface area contributed by atoms with Crippen LogP contribution < -0.4 is 0 Å². The lowest BCUT2D eigenvalue weighted by molar-refractivity contribution is -0.134. The molecular weight excluding hydrogens is 244 g/mol. The fourth-order valence-electron chi connectivity index (χ4n) is 1.05. The number of hydrogen-bond donors (Lipinski definition) is 0. The van der Waals surface area contributed by atoms with Gasteiger partial charge in [0.1, 0.15) is 0 Å². The van der Waals surface area contributed by atoms with E-state index in [0.29, 0.717) is 0 Å². The topological polar surface area (TPSA) is 26.3 Å². The molecule has 0 bridgehead atoms. The van der Waals surface area contributed by atoms with Crippen LogP contribution in [0.25, 0.3) is 6.08 Å². The van der Waals surface area contributed by atoms with Gasteiger partial charge in [-0.25, -0.2) is 4.79 Å². The molecule has 0 amide bonds. The second-order valence-electron chi connectivity index (χ2n) is 2.86. The number of halogens is 1. The van der Waals surface area contributed by atoms with Crippen LogP contribution in [0.15, 0.2) is 28.7 Å². The molecule has 0 unspecified atom stereocenters. The number of carbonyl (C=O) groups is 1. The minimum atomic E-state index is -0.340. The highest BCUT2D eigenvalue weighted by atomic mass is 79.9. The molecule has 0 saturated heterocycles. The van der Waals surface area contributed by atoms with Crippen molar-refractivity contribution >= 4 is 28.0 Å². The van der Waals surface area contributed by atoms with E-state index in [9.17, 15) is 4.79 Å². The van der Waals surface area contributed by atoms with Crippen molar-refractivity contribution < 1.29 is 9.53 Å². The second-order valence-corrected chi connectivity index (χ2v) is 3.77. The van der Waals surface area contributed by atoms with Gasteiger partial charge < -0.3 is 4.74 Å². The molecule has 1 aromatic rings. The summed E-state index contributed by atoms with van der Waals surface area (Å²) in [5, 5.41) is 0. The molecule has 1 aromatic carbocycles. The van der Waals surface area contributed by atoms with Crippen molar-refractivity contribution in [2.24, 2.45) is 0 Å². The van der Waals surface area contributed by atoms with E-state index in [1.807, 2.05) is 25.1 Å². The summed E-state index contributed by atoms with van der Waals surface area (Å²) in [4.78, 5) is 10.8. The van der Waals surface area contributed by atoms with E-state index in [-0.39, 0.29) is 5.97 Å². The van der Waals surface area contributed by atoms with Crippen LogP contribution in [0.1, 0.15) is 11.1 Å². The molecule has 0 atom stereocenters. The molecular formula is C11H11BrO2. The average molecular weight is 255 g/mol. The van der Waals surface area contributed by atoms with Gasteiger partial charge in [-0.05, 0) is 36.3 Å². The van der Waals surface area contributed by atoms with E-state index in [0.717, 1.165) is 15.6 Å². The standard InChI is InChI=1S/C11H11BrO2/c1-8-7-10(12)5-3-9(8)4-6-11(13)14-2/h3-7H,1-2H3/b6-4+. The van der Waals surface area contributed by atoms with Gasteiger partial charge in [0.05, 0.1) is 7.11 Å². The van der Waals surface area contributed by atoms with Crippen LogP contribution in [0.2, 0.25) is 0 Å². The van der Waals surface area contributed by atoms with Gasteiger partial charge in [0.25, 0.3) is 0 Å². The molecule has 0 radical (unpaired) electrons. The molecule has 0 aromatic heterocycles. The van der Waals surface area contributed by atoms with Crippen LogP contribution in [-0.2, 0) is 9.53 Å². The lowest BCUT2D eigenvalue weighted by atomic mass is 10.1. The van der Waals surface area contributed by atoms with Crippen molar-refractivity contribution in [3.05, 3.63) is 39.9 Å². The molecule has 0 aliphatic heterocycles. The van der Waals surface area contributed by atoms with E-state index >= 15 is 0 Å². The number of rotatable bonds is 2.